The number of fused-ring (bicyclic) bond motifs is 1. The molecule has 0 bridgehead atoms. The molecule has 0 radical (unpaired) electrons. The van der Waals surface area contributed by atoms with Crippen molar-refractivity contribution < 1.29 is 9.94 Å². The van der Waals surface area contributed by atoms with Gasteiger partial charge in [-0.2, -0.15) is 5.06 Å². The maximum atomic E-state index is 9.60. The first kappa shape index (κ1) is 17.4. The Hall–Kier alpha value is -0.910. The van der Waals surface area contributed by atoms with Crippen LogP contribution in [0, 0.1) is 0 Å². The molecule has 118 valence electrons. The average Bonchev–Trinajstić information content (AvgIpc) is 2.50. The number of ether oxygens (including phenoxy) is 1. The fourth-order valence-electron chi connectivity index (χ4n) is 2.82. The minimum atomic E-state index is 0. The Morgan fingerprint density at radius 2 is 1.95 bits per heavy atom. The van der Waals surface area contributed by atoms with Gasteiger partial charge in [0.1, 0.15) is 0 Å². The Morgan fingerprint density at radius 1 is 1.23 bits per heavy atom. The number of hydrogen-bond acceptors (Lipinski definition) is 3. The molecule has 22 heavy (non-hydrogen) atoms. The van der Waals surface area contributed by atoms with Gasteiger partial charge in [-0.1, -0.05) is 52.3 Å². The van der Waals surface area contributed by atoms with Crippen LogP contribution in [0.4, 0.5) is 0 Å². The molecule has 2 aromatic carbocycles. The van der Waals surface area contributed by atoms with E-state index in [1.807, 2.05) is 24.3 Å². The Bertz CT molecular complexity index is 634. The zero-order chi connectivity index (χ0) is 14.8. The molecule has 0 aromatic heterocycles. The summed E-state index contributed by atoms with van der Waals surface area (Å²) in [5.41, 5.74) is 4.83. The van der Waals surface area contributed by atoms with Crippen molar-refractivity contribution in [1.82, 2.24) is 5.06 Å². The second kappa shape index (κ2) is 7.57. The summed E-state index contributed by atoms with van der Waals surface area (Å²) in [5.74, 6) is 0. The van der Waals surface area contributed by atoms with Gasteiger partial charge in [0.2, 0.25) is 0 Å². The van der Waals surface area contributed by atoms with Crippen LogP contribution >= 0.6 is 28.3 Å². The zero-order valence-electron chi connectivity index (χ0n) is 12.3. The Morgan fingerprint density at radius 3 is 2.64 bits per heavy atom. The lowest BCUT2D eigenvalue weighted by atomic mass is 9.91. The minimum Gasteiger partial charge on any atom is -0.368 e. The van der Waals surface area contributed by atoms with Crippen molar-refractivity contribution in [3.05, 3.63) is 69.2 Å². The highest BCUT2D eigenvalue weighted by molar-refractivity contribution is 9.10. The Kier molecular flexibility index (Phi) is 6.01. The third-order valence-corrected chi connectivity index (χ3v) is 4.60. The van der Waals surface area contributed by atoms with Crippen LogP contribution in [-0.4, -0.2) is 17.3 Å². The topological polar surface area (TPSA) is 32.7 Å². The van der Waals surface area contributed by atoms with E-state index in [9.17, 15) is 5.21 Å². The largest absolute Gasteiger partial charge is 0.368 e. The zero-order valence-corrected chi connectivity index (χ0v) is 14.7. The molecule has 1 aliphatic rings. The van der Waals surface area contributed by atoms with E-state index in [2.05, 4.69) is 34.1 Å². The summed E-state index contributed by atoms with van der Waals surface area (Å²) < 4.78 is 7.04. The standard InChI is InChI=1S/C17H18BrNO2.ClH/c1-19(20)10-15-14-9-17(12-5-3-2-4-6-12)21-11-13(14)7-8-16(15)18;/h2-8,17,20H,9-11H2,1H3;1H. The molecule has 1 aliphatic heterocycles. The van der Waals surface area contributed by atoms with Crippen molar-refractivity contribution in [3.63, 3.8) is 0 Å². The molecular weight excluding hydrogens is 366 g/mol. The molecule has 0 aliphatic carbocycles. The van der Waals surface area contributed by atoms with Gasteiger partial charge in [-0.05, 0) is 28.3 Å². The second-order valence-corrected chi connectivity index (χ2v) is 6.25. The highest BCUT2D eigenvalue weighted by atomic mass is 79.9. The molecule has 1 unspecified atom stereocenters. The number of benzene rings is 2. The van der Waals surface area contributed by atoms with Gasteiger partial charge in [-0.15, -0.1) is 12.4 Å². The quantitative estimate of drug-likeness (QED) is 0.791. The van der Waals surface area contributed by atoms with Crippen LogP contribution in [0.1, 0.15) is 28.4 Å². The molecule has 1 heterocycles. The average molecular weight is 385 g/mol. The summed E-state index contributed by atoms with van der Waals surface area (Å²) in [7, 11) is 1.67. The summed E-state index contributed by atoms with van der Waals surface area (Å²) in [6.07, 6.45) is 0.915. The van der Waals surface area contributed by atoms with E-state index in [4.69, 9.17) is 4.74 Å². The van der Waals surface area contributed by atoms with Crippen LogP contribution in [-0.2, 0) is 24.3 Å². The van der Waals surface area contributed by atoms with E-state index >= 15 is 0 Å². The molecule has 0 saturated heterocycles. The summed E-state index contributed by atoms with van der Waals surface area (Å²) >= 11 is 3.60. The second-order valence-electron chi connectivity index (χ2n) is 5.39. The number of halogens is 2. The maximum Gasteiger partial charge on any atom is 0.0870 e. The Balaban J connectivity index is 0.00000176. The van der Waals surface area contributed by atoms with Gasteiger partial charge in [0.25, 0.3) is 0 Å². The molecule has 3 rings (SSSR count). The first-order chi connectivity index (χ1) is 10.1. The summed E-state index contributed by atoms with van der Waals surface area (Å²) in [6, 6.07) is 14.4. The van der Waals surface area contributed by atoms with E-state index in [1.165, 1.54) is 21.8 Å². The molecular formula is C17H19BrClNO2. The molecule has 5 heteroatoms. The first-order valence-corrected chi connectivity index (χ1v) is 7.80. The SMILES string of the molecule is CN(O)Cc1c(Br)ccc2c1CC(c1ccccc1)OC2.Cl. The molecule has 0 saturated carbocycles. The third-order valence-electron chi connectivity index (χ3n) is 3.86. The highest BCUT2D eigenvalue weighted by Gasteiger charge is 2.24. The van der Waals surface area contributed by atoms with Gasteiger partial charge in [0.05, 0.1) is 12.7 Å². The van der Waals surface area contributed by atoms with Crippen molar-refractivity contribution in [2.75, 3.05) is 7.05 Å². The monoisotopic (exact) mass is 383 g/mol. The van der Waals surface area contributed by atoms with Crippen LogP contribution in [0.2, 0.25) is 0 Å². The van der Waals surface area contributed by atoms with Gasteiger partial charge < -0.3 is 9.94 Å². The van der Waals surface area contributed by atoms with Crippen molar-refractivity contribution in [2.24, 2.45) is 0 Å². The van der Waals surface area contributed by atoms with Crippen LogP contribution in [0.3, 0.4) is 0 Å². The molecule has 0 amide bonds. The van der Waals surface area contributed by atoms with Crippen molar-refractivity contribution >= 4 is 28.3 Å². The van der Waals surface area contributed by atoms with E-state index in [-0.39, 0.29) is 18.5 Å². The van der Waals surface area contributed by atoms with E-state index < -0.39 is 0 Å². The van der Waals surface area contributed by atoms with Crippen LogP contribution in [0.5, 0.6) is 0 Å². The lowest BCUT2D eigenvalue weighted by molar-refractivity contribution is -0.0738. The van der Waals surface area contributed by atoms with Crippen molar-refractivity contribution in [1.29, 1.82) is 0 Å². The van der Waals surface area contributed by atoms with Gasteiger partial charge in [0.15, 0.2) is 0 Å². The molecule has 3 nitrogen and oxygen atoms in total. The summed E-state index contributed by atoms with van der Waals surface area (Å²) in [6.45, 7) is 1.12. The number of hydroxylamine groups is 2. The highest BCUT2D eigenvalue weighted by Crippen LogP contribution is 2.35. The van der Waals surface area contributed by atoms with Crippen LogP contribution in [0.15, 0.2) is 46.9 Å². The number of rotatable bonds is 3. The Labute approximate surface area is 145 Å². The minimum absolute atomic E-state index is 0. The van der Waals surface area contributed by atoms with E-state index in [0.29, 0.717) is 13.2 Å². The molecule has 1 N–H and O–H groups in total. The van der Waals surface area contributed by atoms with Crippen molar-refractivity contribution in [2.45, 2.75) is 25.7 Å². The predicted octanol–water partition coefficient (Wildman–Crippen LogP) is 4.51. The fourth-order valence-corrected chi connectivity index (χ4v) is 3.32. The predicted molar refractivity (Wildman–Crippen MR) is 92.3 cm³/mol. The van der Waals surface area contributed by atoms with Crippen molar-refractivity contribution in [3.8, 4) is 0 Å². The molecule has 2 aromatic rings. The number of nitrogens with zero attached hydrogens (tertiary/aromatic N) is 1. The van der Waals surface area contributed by atoms with E-state index in [0.717, 1.165) is 16.5 Å². The first-order valence-electron chi connectivity index (χ1n) is 7.01. The lowest BCUT2D eigenvalue weighted by Crippen LogP contribution is -2.20. The summed E-state index contributed by atoms with van der Waals surface area (Å²) in [4.78, 5) is 0. The normalized spacial score (nSPS) is 17.0. The van der Waals surface area contributed by atoms with E-state index in [1.54, 1.807) is 7.05 Å². The van der Waals surface area contributed by atoms with Gasteiger partial charge >= 0.3 is 0 Å². The lowest BCUT2D eigenvalue weighted by Gasteiger charge is -2.28. The van der Waals surface area contributed by atoms with Gasteiger partial charge in [0, 0.05) is 24.5 Å². The molecule has 0 fully saturated rings. The number of hydrogen-bond donors (Lipinski definition) is 1. The third kappa shape index (κ3) is 3.70. The van der Waals surface area contributed by atoms with Gasteiger partial charge in [-0.25, -0.2) is 0 Å². The fraction of sp³-hybridized carbons (Fsp3) is 0.294. The van der Waals surface area contributed by atoms with Crippen LogP contribution in [0.25, 0.3) is 0 Å². The molecule has 0 spiro atoms. The van der Waals surface area contributed by atoms with Gasteiger partial charge in [-0.3, -0.25) is 0 Å². The smallest absolute Gasteiger partial charge is 0.0870 e. The maximum absolute atomic E-state index is 9.60. The van der Waals surface area contributed by atoms with Crippen LogP contribution < -0.4 is 0 Å². The summed E-state index contributed by atoms with van der Waals surface area (Å²) in [5, 5.41) is 10.8. The molecule has 1 atom stereocenters.